The van der Waals surface area contributed by atoms with Gasteiger partial charge in [0.25, 0.3) is 5.91 Å². The van der Waals surface area contributed by atoms with Crippen LogP contribution in [0.5, 0.6) is 5.75 Å². The fraction of sp³-hybridized carbons (Fsp3) is 0.263. The molecule has 4 nitrogen and oxygen atoms in total. The Morgan fingerprint density at radius 3 is 2.35 bits per heavy atom. The maximum Gasteiger partial charge on any atom is 0.277 e. The summed E-state index contributed by atoms with van der Waals surface area (Å²) in [6, 6.07) is 17.3. The third-order valence-corrected chi connectivity index (χ3v) is 3.29. The Morgan fingerprint density at radius 2 is 1.74 bits per heavy atom. The van der Waals surface area contributed by atoms with Gasteiger partial charge in [-0.2, -0.15) is 5.10 Å². The van der Waals surface area contributed by atoms with Gasteiger partial charge in [-0.05, 0) is 28.7 Å². The van der Waals surface area contributed by atoms with Gasteiger partial charge in [-0.1, -0.05) is 63.2 Å². The molecular formula is C19H22N2O2. The first-order valence-electron chi connectivity index (χ1n) is 7.55. The summed E-state index contributed by atoms with van der Waals surface area (Å²) in [5.74, 6) is 0.372. The molecule has 2 rings (SSSR count). The highest BCUT2D eigenvalue weighted by molar-refractivity contribution is 5.82. The maximum atomic E-state index is 11.7. The second kappa shape index (κ2) is 7.58. The lowest BCUT2D eigenvalue weighted by molar-refractivity contribution is -0.123. The van der Waals surface area contributed by atoms with Gasteiger partial charge in [0.2, 0.25) is 0 Å². The number of ether oxygens (including phenoxy) is 1. The molecule has 0 aliphatic carbocycles. The molecule has 0 spiro atoms. The Labute approximate surface area is 137 Å². The highest BCUT2D eigenvalue weighted by Crippen LogP contribution is 2.24. The minimum absolute atomic E-state index is 0.0685. The molecule has 0 bridgehead atoms. The lowest BCUT2D eigenvalue weighted by Gasteiger charge is -2.19. The molecule has 2 aromatic rings. The molecule has 0 aliphatic rings. The third kappa shape index (κ3) is 5.58. The first-order valence-corrected chi connectivity index (χ1v) is 7.55. The van der Waals surface area contributed by atoms with Gasteiger partial charge in [-0.25, -0.2) is 5.43 Å². The van der Waals surface area contributed by atoms with E-state index in [1.807, 2.05) is 54.6 Å². The van der Waals surface area contributed by atoms with Gasteiger partial charge < -0.3 is 4.74 Å². The van der Waals surface area contributed by atoms with E-state index in [0.29, 0.717) is 5.75 Å². The Morgan fingerprint density at radius 1 is 1.09 bits per heavy atom. The summed E-state index contributed by atoms with van der Waals surface area (Å²) >= 11 is 0. The predicted molar refractivity (Wildman–Crippen MR) is 92.8 cm³/mol. The second-order valence-corrected chi connectivity index (χ2v) is 6.27. The minimum atomic E-state index is -0.294. The molecule has 0 aliphatic heterocycles. The summed E-state index contributed by atoms with van der Waals surface area (Å²) in [6.07, 6.45) is 1.59. The minimum Gasteiger partial charge on any atom is -0.484 e. The van der Waals surface area contributed by atoms with Crippen LogP contribution in [0.4, 0.5) is 0 Å². The molecule has 2 aromatic carbocycles. The standard InChI is InChI=1S/C19H22N2O2/c1-19(2,3)16-9-11-17(12-10-16)23-14-18(22)21-20-13-15-7-5-4-6-8-15/h4-13H,14H2,1-3H3,(H,21,22)/b20-13-. The average molecular weight is 310 g/mol. The molecule has 120 valence electrons. The molecule has 0 aromatic heterocycles. The van der Waals surface area contributed by atoms with Crippen molar-refractivity contribution in [3.63, 3.8) is 0 Å². The molecule has 1 N–H and O–H groups in total. The van der Waals surface area contributed by atoms with E-state index in [1.165, 1.54) is 5.56 Å². The predicted octanol–water partition coefficient (Wildman–Crippen LogP) is 3.51. The summed E-state index contributed by atoms with van der Waals surface area (Å²) in [4.78, 5) is 11.7. The molecule has 0 unspecified atom stereocenters. The quantitative estimate of drug-likeness (QED) is 0.678. The zero-order chi connectivity index (χ0) is 16.7. The monoisotopic (exact) mass is 310 g/mol. The van der Waals surface area contributed by atoms with Crippen molar-refractivity contribution in [3.8, 4) is 5.75 Å². The summed E-state index contributed by atoms with van der Waals surface area (Å²) in [5.41, 5.74) is 4.69. The number of nitrogens with zero attached hydrogens (tertiary/aromatic N) is 1. The van der Waals surface area contributed by atoms with Gasteiger partial charge >= 0.3 is 0 Å². The van der Waals surface area contributed by atoms with E-state index < -0.39 is 0 Å². The molecule has 0 radical (unpaired) electrons. The van der Waals surface area contributed by atoms with Crippen LogP contribution in [0.2, 0.25) is 0 Å². The van der Waals surface area contributed by atoms with E-state index in [2.05, 4.69) is 31.3 Å². The van der Waals surface area contributed by atoms with Crippen LogP contribution in [0, 0.1) is 0 Å². The summed E-state index contributed by atoms with van der Waals surface area (Å²) in [7, 11) is 0. The van der Waals surface area contributed by atoms with Crippen molar-refractivity contribution in [1.29, 1.82) is 0 Å². The SMILES string of the molecule is CC(C)(C)c1ccc(OCC(=O)N/N=C\c2ccccc2)cc1. The van der Waals surface area contributed by atoms with Crippen molar-refractivity contribution in [2.45, 2.75) is 26.2 Å². The maximum absolute atomic E-state index is 11.7. The highest BCUT2D eigenvalue weighted by Gasteiger charge is 2.13. The van der Waals surface area contributed by atoms with E-state index >= 15 is 0 Å². The van der Waals surface area contributed by atoms with Crippen LogP contribution in [0.15, 0.2) is 59.7 Å². The lowest BCUT2D eigenvalue weighted by Crippen LogP contribution is -2.24. The second-order valence-electron chi connectivity index (χ2n) is 6.27. The first kappa shape index (κ1) is 16.7. The van der Waals surface area contributed by atoms with Crippen molar-refractivity contribution in [3.05, 3.63) is 65.7 Å². The van der Waals surface area contributed by atoms with E-state index in [4.69, 9.17) is 4.74 Å². The van der Waals surface area contributed by atoms with Crippen molar-refractivity contribution in [2.24, 2.45) is 5.10 Å². The van der Waals surface area contributed by atoms with Gasteiger partial charge in [0.05, 0.1) is 6.21 Å². The van der Waals surface area contributed by atoms with Crippen LogP contribution in [-0.2, 0) is 10.2 Å². The number of hydrogen-bond acceptors (Lipinski definition) is 3. The number of hydrogen-bond donors (Lipinski definition) is 1. The number of amides is 1. The number of rotatable bonds is 5. The summed E-state index contributed by atoms with van der Waals surface area (Å²) in [5, 5.41) is 3.90. The van der Waals surface area contributed by atoms with Crippen LogP contribution in [0.1, 0.15) is 31.9 Å². The zero-order valence-electron chi connectivity index (χ0n) is 13.7. The molecular weight excluding hydrogens is 288 g/mol. The molecule has 0 fully saturated rings. The summed E-state index contributed by atoms with van der Waals surface area (Å²) in [6.45, 7) is 6.39. The van der Waals surface area contributed by atoms with Crippen LogP contribution < -0.4 is 10.2 Å². The van der Waals surface area contributed by atoms with E-state index in [1.54, 1.807) is 6.21 Å². The van der Waals surface area contributed by atoms with E-state index in [0.717, 1.165) is 5.56 Å². The van der Waals surface area contributed by atoms with Gasteiger partial charge in [-0.15, -0.1) is 0 Å². The van der Waals surface area contributed by atoms with Crippen molar-refractivity contribution >= 4 is 12.1 Å². The van der Waals surface area contributed by atoms with Gasteiger partial charge in [0, 0.05) is 0 Å². The molecule has 0 saturated heterocycles. The van der Waals surface area contributed by atoms with Crippen molar-refractivity contribution < 1.29 is 9.53 Å². The molecule has 0 atom stereocenters. The third-order valence-electron chi connectivity index (χ3n) is 3.29. The van der Waals surface area contributed by atoms with Crippen LogP contribution in [-0.4, -0.2) is 18.7 Å². The van der Waals surface area contributed by atoms with Crippen LogP contribution >= 0.6 is 0 Å². The van der Waals surface area contributed by atoms with Crippen molar-refractivity contribution in [2.75, 3.05) is 6.61 Å². The molecule has 23 heavy (non-hydrogen) atoms. The number of nitrogens with one attached hydrogen (secondary N) is 1. The smallest absolute Gasteiger partial charge is 0.277 e. The van der Waals surface area contributed by atoms with E-state index in [-0.39, 0.29) is 17.9 Å². The molecule has 0 heterocycles. The normalized spacial score (nSPS) is 11.4. The number of hydrazone groups is 1. The Bertz CT molecular complexity index is 656. The first-order chi connectivity index (χ1) is 10.9. The zero-order valence-corrected chi connectivity index (χ0v) is 13.7. The fourth-order valence-corrected chi connectivity index (χ4v) is 1.95. The number of benzene rings is 2. The van der Waals surface area contributed by atoms with Crippen LogP contribution in [0.3, 0.4) is 0 Å². The highest BCUT2D eigenvalue weighted by atomic mass is 16.5. The van der Waals surface area contributed by atoms with E-state index in [9.17, 15) is 4.79 Å². The van der Waals surface area contributed by atoms with Crippen molar-refractivity contribution in [1.82, 2.24) is 5.43 Å². The lowest BCUT2D eigenvalue weighted by atomic mass is 9.87. The molecule has 1 amide bonds. The molecule has 0 saturated carbocycles. The Hall–Kier alpha value is -2.62. The van der Waals surface area contributed by atoms with Gasteiger partial charge in [0.1, 0.15) is 5.75 Å². The van der Waals surface area contributed by atoms with Crippen LogP contribution in [0.25, 0.3) is 0 Å². The fourth-order valence-electron chi connectivity index (χ4n) is 1.95. The topological polar surface area (TPSA) is 50.7 Å². The van der Waals surface area contributed by atoms with Gasteiger partial charge in [-0.3, -0.25) is 4.79 Å². The number of carbonyl (C=O) groups is 1. The van der Waals surface area contributed by atoms with Gasteiger partial charge in [0.15, 0.2) is 6.61 Å². The molecule has 4 heteroatoms. The Kier molecular flexibility index (Phi) is 5.52. The summed E-state index contributed by atoms with van der Waals surface area (Å²) < 4.78 is 5.45. The Balaban J connectivity index is 1.79. The number of carbonyl (C=O) groups excluding carboxylic acids is 1. The largest absolute Gasteiger partial charge is 0.484 e. The average Bonchev–Trinajstić information content (AvgIpc) is 2.53.